The van der Waals surface area contributed by atoms with E-state index in [1.54, 1.807) is 13.1 Å². The minimum Gasteiger partial charge on any atom is -0.561 e. The Bertz CT molecular complexity index is 333. The van der Waals surface area contributed by atoms with Crippen LogP contribution in [0.1, 0.15) is 0 Å². The fourth-order valence-electron chi connectivity index (χ4n) is 0.841. The predicted molar refractivity (Wildman–Crippen MR) is 44.6 cm³/mol. The van der Waals surface area contributed by atoms with E-state index in [0.717, 1.165) is 0 Å². The maximum Gasteiger partial charge on any atom is 0.226 e. The maximum absolute atomic E-state index is 12.9. The van der Waals surface area contributed by atoms with Crippen LogP contribution in [0.5, 0.6) is 5.75 Å². The van der Waals surface area contributed by atoms with Crippen LogP contribution in [0.15, 0.2) is 0 Å². The molecular weight excluding hydrogens is 264 g/mol. The van der Waals surface area contributed by atoms with Gasteiger partial charge in [-0.05, 0) is 13.1 Å². The van der Waals surface area contributed by atoms with Gasteiger partial charge in [0.15, 0.2) is 0 Å². The summed E-state index contributed by atoms with van der Waals surface area (Å²) in [7, 11) is -1.82. The molecule has 0 amide bonds. The summed E-state index contributed by atoms with van der Waals surface area (Å²) in [5.41, 5.74) is 0. The molecular formula is C8H7F4OSiTi-. The first-order valence-corrected chi connectivity index (χ1v) is 6.63. The molecule has 0 aromatic heterocycles. The van der Waals surface area contributed by atoms with Crippen molar-refractivity contribution in [2.75, 3.05) is 0 Å². The van der Waals surface area contributed by atoms with Crippen LogP contribution >= 0.6 is 0 Å². The first-order valence-electron chi connectivity index (χ1n) is 3.85. The summed E-state index contributed by atoms with van der Waals surface area (Å²) < 4.78 is 55.6. The third-order valence-electron chi connectivity index (χ3n) is 1.36. The van der Waals surface area contributed by atoms with E-state index >= 15 is 0 Å². The zero-order valence-corrected chi connectivity index (χ0v) is 10.7. The van der Waals surface area contributed by atoms with Crippen molar-refractivity contribution < 1.29 is 43.7 Å². The number of halogens is 4. The fourth-order valence-corrected chi connectivity index (χ4v) is 1.52. The van der Waals surface area contributed by atoms with Gasteiger partial charge >= 0.3 is 0 Å². The number of benzene rings is 1. The van der Waals surface area contributed by atoms with Gasteiger partial charge in [0.1, 0.15) is 0 Å². The molecule has 0 saturated carbocycles. The molecule has 0 aliphatic rings. The molecule has 0 N–H and O–H groups in total. The smallest absolute Gasteiger partial charge is 0.226 e. The monoisotopic (exact) mass is 271 g/mol. The van der Waals surface area contributed by atoms with Crippen LogP contribution in [0.2, 0.25) is 13.1 Å². The minimum atomic E-state index is -1.82. The molecule has 0 heterocycles. The van der Waals surface area contributed by atoms with Gasteiger partial charge in [-0.2, -0.15) is 0 Å². The molecule has 0 bridgehead atoms. The van der Waals surface area contributed by atoms with Crippen LogP contribution in [0.3, 0.4) is 0 Å². The molecule has 0 aliphatic carbocycles. The molecule has 0 unspecified atom stereocenters. The first kappa shape index (κ1) is 14.7. The van der Waals surface area contributed by atoms with Gasteiger partial charge in [-0.25, -0.2) is 8.78 Å². The Hall–Kier alpha value is -0.329. The maximum atomic E-state index is 12.9. The molecule has 15 heavy (non-hydrogen) atoms. The summed E-state index contributed by atoms with van der Waals surface area (Å²) in [5.74, 6) is -7.21. The second-order valence-electron chi connectivity index (χ2n) is 2.88. The zero-order valence-electron chi connectivity index (χ0n) is 8.00. The zero-order chi connectivity index (χ0) is 10.9. The van der Waals surface area contributed by atoms with Crippen molar-refractivity contribution in [3.05, 3.63) is 29.3 Å². The van der Waals surface area contributed by atoms with E-state index in [4.69, 9.17) is 4.43 Å². The molecule has 1 rings (SSSR count). The Morgan fingerprint density at radius 2 is 1.40 bits per heavy atom. The quantitative estimate of drug-likeness (QED) is 0.347. The largest absolute Gasteiger partial charge is 0.561 e. The van der Waals surface area contributed by atoms with E-state index < -0.39 is 38.1 Å². The Morgan fingerprint density at radius 3 is 1.73 bits per heavy atom. The fraction of sp³-hybridized carbons (Fsp3) is 0.250. The molecule has 1 nitrogen and oxygen atoms in total. The van der Waals surface area contributed by atoms with E-state index in [-0.39, 0.29) is 21.7 Å². The topological polar surface area (TPSA) is 9.23 Å². The van der Waals surface area contributed by atoms with E-state index in [1.165, 1.54) is 6.07 Å². The molecule has 0 radical (unpaired) electrons. The average molecular weight is 271 g/mol. The van der Waals surface area contributed by atoms with Gasteiger partial charge in [0.25, 0.3) is 0 Å². The molecule has 0 aliphatic heterocycles. The third kappa shape index (κ3) is 3.32. The van der Waals surface area contributed by atoms with Gasteiger partial charge in [0.2, 0.25) is 9.04 Å². The van der Waals surface area contributed by atoms with Crippen molar-refractivity contribution in [3.63, 3.8) is 0 Å². The molecule has 1 aromatic carbocycles. The average Bonchev–Trinajstić information content (AvgIpc) is 2.09. The second kappa shape index (κ2) is 5.67. The molecule has 7 heteroatoms. The van der Waals surface area contributed by atoms with Crippen molar-refractivity contribution in [1.82, 2.24) is 0 Å². The predicted octanol–water partition coefficient (Wildman–Crippen LogP) is 2.40. The summed E-state index contributed by atoms with van der Waals surface area (Å²) in [4.78, 5) is 0. The van der Waals surface area contributed by atoms with Crippen molar-refractivity contribution >= 4 is 9.04 Å². The summed E-state index contributed by atoms with van der Waals surface area (Å²) in [6.07, 6.45) is 0. The van der Waals surface area contributed by atoms with E-state index in [2.05, 4.69) is 0 Å². The van der Waals surface area contributed by atoms with Gasteiger partial charge in [-0.1, -0.05) is 0 Å². The van der Waals surface area contributed by atoms with Crippen molar-refractivity contribution in [2.45, 2.75) is 13.1 Å². The molecule has 0 fully saturated rings. The van der Waals surface area contributed by atoms with E-state index in [1.807, 2.05) is 0 Å². The number of hydrogen-bond donors (Lipinski definition) is 0. The van der Waals surface area contributed by atoms with Gasteiger partial charge in [-0.15, -0.1) is 6.07 Å². The Morgan fingerprint density at radius 1 is 1.00 bits per heavy atom. The van der Waals surface area contributed by atoms with Crippen molar-refractivity contribution in [3.8, 4) is 5.75 Å². The van der Waals surface area contributed by atoms with Gasteiger partial charge < -0.3 is 4.43 Å². The van der Waals surface area contributed by atoms with Crippen LogP contribution in [-0.2, 0) is 21.7 Å². The first-order chi connectivity index (χ1) is 6.43. The Kier molecular flexibility index (Phi) is 5.55. The van der Waals surface area contributed by atoms with Crippen LogP contribution in [0.25, 0.3) is 0 Å². The van der Waals surface area contributed by atoms with E-state index in [0.29, 0.717) is 0 Å². The summed E-state index contributed by atoms with van der Waals surface area (Å²) in [5, 5.41) is 0. The second-order valence-corrected chi connectivity index (χ2v) is 5.21. The minimum absolute atomic E-state index is 0. The Labute approximate surface area is 101 Å². The summed E-state index contributed by atoms with van der Waals surface area (Å²) in [6, 6.07) is 1.27. The molecule has 0 spiro atoms. The molecule has 0 saturated heterocycles. The SMILES string of the molecule is C[SiH](C)Oc1c(F)c(F)[c-]c(F)c1F.[Ti]. The van der Waals surface area contributed by atoms with Gasteiger partial charge in [0, 0.05) is 21.7 Å². The Balaban J connectivity index is 0.00000196. The van der Waals surface area contributed by atoms with Gasteiger partial charge in [0.05, 0.1) is 29.0 Å². The van der Waals surface area contributed by atoms with Crippen molar-refractivity contribution in [2.24, 2.45) is 0 Å². The number of rotatable bonds is 2. The molecule has 82 valence electrons. The molecule has 0 atom stereocenters. The van der Waals surface area contributed by atoms with Crippen LogP contribution in [-0.4, -0.2) is 9.04 Å². The van der Waals surface area contributed by atoms with Crippen LogP contribution in [0.4, 0.5) is 17.6 Å². The number of hydrogen-bond acceptors (Lipinski definition) is 1. The normalized spacial score (nSPS) is 10.1. The van der Waals surface area contributed by atoms with Gasteiger partial charge in [-0.3, -0.25) is 8.78 Å². The third-order valence-corrected chi connectivity index (χ3v) is 2.06. The summed E-state index contributed by atoms with van der Waals surface area (Å²) >= 11 is 0. The summed E-state index contributed by atoms with van der Waals surface area (Å²) in [6.45, 7) is 3.23. The van der Waals surface area contributed by atoms with Crippen molar-refractivity contribution in [1.29, 1.82) is 0 Å². The van der Waals surface area contributed by atoms with Crippen LogP contribution in [0, 0.1) is 29.3 Å². The molecule has 1 aromatic rings. The van der Waals surface area contributed by atoms with E-state index in [9.17, 15) is 17.6 Å². The van der Waals surface area contributed by atoms with Crippen LogP contribution < -0.4 is 4.43 Å². The standard InChI is InChI=1S/C8H7F4OSi.Ti/c1-14(2)13-8-6(11)4(9)3-5(10)7(8)12;/h14H,1-2H3;/q-1;.